The second-order valence-corrected chi connectivity index (χ2v) is 7.63. The van der Waals surface area contributed by atoms with Gasteiger partial charge in [-0.15, -0.1) is 0 Å². The maximum Gasteiger partial charge on any atom is 0.491 e. The molecule has 0 radical (unpaired) electrons. The fraction of sp³-hybridized carbons (Fsp3) is 0.800. The Hall–Kier alpha value is -0.805. The third-order valence-corrected chi connectivity index (χ3v) is 6.07. The van der Waals surface area contributed by atoms with Crippen LogP contribution in [0, 0.1) is 30.1 Å². The summed E-state index contributed by atoms with van der Waals surface area (Å²) in [6.07, 6.45) is 10.0. The van der Waals surface area contributed by atoms with E-state index in [2.05, 4.69) is 5.10 Å². The van der Waals surface area contributed by atoms with Gasteiger partial charge in [-0.2, -0.15) is 5.10 Å². The molecule has 1 aromatic heterocycles. The molecule has 20 heavy (non-hydrogen) atoms. The Bertz CT molecular complexity index is 491. The lowest BCUT2D eigenvalue weighted by atomic mass is 9.49. The fourth-order valence-electron chi connectivity index (χ4n) is 5.68. The average Bonchev–Trinajstić information content (AvgIpc) is 2.68. The monoisotopic (exact) mass is 274 g/mol. The number of aromatic nitrogens is 2. The summed E-state index contributed by atoms with van der Waals surface area (Å²) in [6, 6.07) is 0. The SMILES string of the molecule is Cc1c(B(O)O)cnn1CC12CC3CC(CC(C3)C1)C2. The highest BCUT2D eigenvalue weighted by Crippen LogP contribution is 2.60. The van der Waals surface area contributed by atoms with Gasteiger partial charge in [0, 0.05) is 23.9 Å². The zero-order valence-electron chi connectivity index (χ0n) is 12.1. The summed E-state index contributed by atoms with van der Waals surface area (Å²) < 4.78 is 2.02. The minimum atomic E-state index is -1.40. The minimum absolute atomic E-state index is 0.434. The molecule has 0 spiro atoms. The van der Waals surface area contributed by atoms with Crippen LogP contribution in [-0.4, -0.2) is 26.9 Å². The van der Waals surface area contributed by atoms with Crippen LogP contribution in [0.25, 0.3) is 0 Å². The van der Waals surface area contributed by atoms with Gasteiger partial charge in [0.2, 0.25) is 0 Å². The van der Waals surface area contributed by atoms with Crippen LogP contribution in [0.1, 0.15) is 44.2 Å². The van der Waals surface area contributed by atoms with Crippen LogP contribution in [0.3, 0.4) is 0 Å². The van der Waals surface area contributed by atoms with Crippen molar-refractivity contribution < 1.29 is 10.0 Å². The van der Waals surface area contributed by atoms with Crippen molar-refractivity contribution in [2.75, 3.05) is 0 Å². The first-order valence-corrected chi connectivity index (χ1v) is 7.93. The van der Waals surface area contributed by atoms with Gasteiger partial charge < -0.3 is 10.0 Å². The Balaban J connectivity index is 1.60. The Morgan fingerprint density at radius 3 is 2.20 bits per heavy atom. The summed E-state index contributed by atoms with van der Waals surface area (Å²) in [5.41, 5.74) is 1.90. The highest BCUT2D eigenvalue weighted by atomic mass is 16.4. The van der Waals surface area contributed by atoms with Crippen molar-refractivity contribution in [2.45, 2.75) is 52.0 Å². The molecule has 1 aromatic rings. The van der Waals surface area contributed by atoms with Gasteiger partial charge in [0.25, 0.3) is 0 Å². The zero-order valence-corrected chi connectivity index (χ0v) is 12.1. The third-order valence-electron chi connectivity index (χ3n) is 6.07. The van der Waals surface area contributed by atoms with E-state index in [1.807, 2.05) is 11.6 Å². The topological polar surface area (TPSA) is 58.3 Å². The zero-order chi connectivity index (χ0) is 13.9. The van der Waals surface area contributed by atoms with Crippen molar-refractivity contribution in [1.82, 2.24) is 9.78 Å². The number of rotatable bonds is 3. The van der Waals surface area contributed by atoms with Crippen molar-refractivity contribution in [2.24, 2.45) is 23.2 Å². The molecule has 0 saturated heterocycles. The largest absolute Gasteiger partial charge is 0.491 e. The molecule has 108 valence electrons. The smallest absolute Gasteiger partial charge is 0.423 e. The molecule has 0 aromatic carbocycles. The second kappa shape index (κ2) is 4.34. The quantitative estimate of drug-likeness (QED) is 0.811. The van der Waals surface area contributed by atoms with Crippen LogP contribution < -0.4 is 5.46 Å². The normalized spacial score (nSPS) is 38.5. The molecule has 4 fully saturated rings. The first-order chi connectivity index (χ1) is 9.55. The number of nitrogens with zero attached hydrogens (tertiary/aromatic N) is 2. The van der Waals surface area contributed by atoms with Gasteiger partial charge in [-0.1, -0.05) is 0 Å². The maximum atomic E-state index is 9.35. The van der Waals surface area contributed by atoms with Crippen molar-refractivity contribution >= 4 is 12.6 Å². The molecule has 2 N–H and O–H groups in total. The van der Waals surface area contributed by atoms with Crippen LogP contribution in [0.2, 0.25) is 0 Å². The molecule has 4 saturated carbocycles. The summed E-state index contributed by atoms with van der Waals surface area (Å²) in [5, 5.41) is 23.1. The first-order valence-electron chi connectivity index (χ1n) is 7.93. The van der Waals surface area contributed by atoms with Crippen molar-refractivity contribution in [3.05, 3.63) is 11.9 Å². The van der Waals surface area contributed by atoms with Crippen molar-refractivity contribution in [3.8, 4) is 0 Å². The fourth-order valence-corrected chi connectivity index (χ4v) is 5.68. The summed E-state index contributed by atoms with van der Waals surface area (Å²) in [7, 11) is -1.40. The van der Waals surface area contributed by atoms with Gasteiger partial charge in [-0.3, -0.25) is 4.68 Å². The van der Waals surface area contributed by atoms with Gasteiger partial charge in [0.1, 0.15) is 0 Å². The minimum Gasteiger partial charge on any atom is -0.423 e. The van der Waals surface area contributed by atoms with E-state index in [0.29, 0.717) is 10.9 Å². The summed E-state index contributed by atoms with van der Waals surface area (Å²) in [5.74, 6) is 2.83. The lowest BCUT2D eigenvalue weighted by Gasteiger charge is -2.56. The van der Waals surface area contributed by atoms with Crippen LogP contribution in [0.5, 0.6) is 0 Å². The lowest BCUT2D eigenvalue weighted by molar-refractivity contribution is -0.0638. The van der Waals surface area contributed by atoms with Crippen molar-refractivity contribution in [1.29, 1.82) is 0 Å². The van der Waals surface area contributed by atoms with Crippen LogP contribution in [-0.2, 0) is 6.54 Å². The summed E-state index contributed by atoms with van der Waals surface area (Å²) >= 11 is 0. The van der Waals surface area contributed by atoms with Crippen LogP contribution in [0.15, 0.2) is 6.20 Å². The van der Waals surface area contributed by atoms with E-state index in [-0.39, 0.29) is 0 Å². The van der Waals surface area contributed by atoms with E-state index in [9.17, 15) is 10.0 Å². The first kappa shape index (κ1) is 12.9. The van der Waals surface area contributed by atoms with Gasteiger partial charge in [-0.05, 0) is 68.6 Å². The van der Waals surface area contributed by atoms with E-state index in [0.717, 1.165) is 30.0 Å². The third kappa shape index (κ3) is 1.94. The average molecular weight is 274 g/mol. The van der Waals surface area contributed by atoms with Crippen molar-refractivity contribution in [3.63, 3.8) is 0 Å². The van der Waals surface area contributed by atoms with Gasteiger partial charge in [-0.25, -0.2) is 0 Å². The molecule has 4 nitrogen and oxygen atoms in total. The van der Waals surface area contributed by atoms with E-state index in [4.69, 9.17) is 0 Å². The number of hydrogen-bond acceptors (Lipinski definition) is 3. The van der Waals surface area contributed by atoms with E-state index < -0.39 is 7.12 Å². The highest BCUT2D eigenvalue weighted by molar-refractivity contribution is 6.59. The predicted octanol–water partition coefficient (Wildman–Crippen LogP) is 1.09. The Labute approximate surface area is 120 Å². The Morgan fingerprint density at radius 1 is 1.20 bits per heavy atom. The molecule has 4 aliphatic rings. The molecule has 4 aliphatic carbocycles. The molecule has 4 bridgehead atoms. The molecular formula is C15H23BN2O2. The highest BCUT2D eigenvalue weighted by Gasteiger charge is 2.51. The molecule has 1 heterocycles. The molecule has 0 amide bonds. The van der Waals surface area contributed by atoms with Gasteiger partial charge in [0.15, 0.2) is 0 Å². The van der Waals surface area contributed by atoms with Gasteiger partial charge in [0.05, 0.1) is 0 Å². The molecule has 0 atom stereocenters. The molecule has 0 unspecified atom stereocenters. The molecule has 0 aliphatic heterocycles. The molecular weight excluding hydrogens is 251 g/mol. The molecule has 5 rings (SSSR count). The summed E-state index contributed by atoms with van der Waals surface area (Å²) in [4.78, 5) is 0. The van der Waals surface area contributed by atoms with Crippen LogP contribution in [0.4, 0.5) is 0 Å². The predicted molar refractivity (Wildman–Crippen MR) is 77.4 cm³/mol. The van der Waals surface area contributed by atoms with Gasteiger partial charge >= 0.3 is 7.12 Å². The maximum absolute atomic E-state index is 9.35. The lowest BCUT2D eigenvalue weighted by Crippen LogP contribution is -2.48. The summed E-state index contributed by atoms with van der Waals surface area (Å²) in [6.45, 7) is 2.91. The van der Waals surface area contributed by atoms with Crippen LogP contribution >= 0.6 is 0 Å². The Kier molecular flexibility index (Phi) is 2.80. The van der Waals surface area contributed by atoms with E-state index in [1.165, 1.54) is 38.5 Å². The number of hydrogen-bond donors (Lipinski definition) is 2. The van der Waals surface area contributed by atoms with E-state index in [1.54, 1.807) is 6.20 Å². The Morgan fingerprint density at radius 2 is 1.75 bits per heavy atom. The second-order valence-electron chi connectivity index (χ2n) is 7.63. The van der Waals surface area contributed by atoms with E-state index >= 15 is 0 Å². The standard InChI is InChI=1S/C15H23BN2O2/c1-10-14(16(19)20)8-17-18(10)9-15-5-11-2-12(6-15)4-13(3-11)7-15/h8,11-13,19-20H,2-7,9H2,1H3. The molecule has 5 heteroatoms.